The number of pyridine rings is 1. The zero-order valence-corrected chi connectivity index (χ0v) is 10.8. The predicted molar refractivity (Wildman–Crippen MR) is 78.2 cm³/mol. The van der Waals surface area contributed by atoms with Gasteiger partial charge in [0.05, 0.1) is 11.1 Å². The van der Waals surface area contributed by atoms with Crippen molar-refractivity contribution in [2.45, 2.75) is 18.8 Å². The molecule has 0 aliphatic heterocycles. The van der Waals surface area contributed by atoms with E-state index in [4.69, 9.17) is 0 Å². The van der Waals surface area contributed by atoms with E-state index in [0.717, 1.165) is 40.2 Å². The second kappa shape index (κ2) is 4.04. The molecule has 1 aliphatic rings. The van der Waals surface area contributed by atoms with Gasteiger partial charge in [-0.05, 0) is 35.7 Å². The second-order valence-corrected chi connectivity index (χ2v) is 5.35. The molecule has 4 rings (SSSR count). The van der Waals surface area contributed by atoms with Crippen LogP contribution in [-0.4, -0.2) is 16.1 Å². The molecule has 0 amide bonds. The normalized spacial score (nSPS) is 14.8. The molecule has 1 N–H and O–H groups in total. The van der Waals surface area contributed by atoms with Crippen molar-refractivity contribution in [3.63, 3.8) is 0 Å². The van der Waals surface area contributed by atoms with Crippen LogP contribution in [-0.2, 0) is 0 Å². The lowest BCUT2D eigenvalue weighted by Gasteiger charge is -2.09. The van der Waals surface area contributed by atoms with E-state index in [1.807, 2.05) is 36.4 Å². The van der Waals surface area contributed by atoms with E-state index < -0.39 is 5.97 Å². The van der Waals surface area contributed by atoms with Crippen LogP contribution < -0.4 is 0 Å². The molecular formula is C17H13NO2. The Balaban J connectivity index is 2.16. The summed E-state index contributed by atoms with van der Waals surface area (Å²) < 4.78 is 0. The molecule has 1 aliphatic carbocycles. The Bertz CT molecular complexity index is 850. The smallest absolute Gasteiger partial charge is 0.336 e. The maximum Gasteiger partial charge on any atom is 0.336 e. The Morgan fingerprint density at radius 2 is 1.95 bits per heavy atom. The van der Waals surface area contributed by atoms with Gasteiger partial charge in [0.2, 0.25) is 0 Å². The Morgan fingerprint density at radius 1 is 1.15 bits per heavy atom. The van der Waals surface area contributed by atoms with Crippen molar-refractivity contribution in [3.8, 4) is 0 Å². The number of rotatable bonds is 2. The van der Waals surface area contributed by atoms with E-state index in [1.165, 1.54) is 0 Å². The molecule has 0 bridgehead atoms. The minimum Gasteiger partial charge on any atom is -0.478 e. The molecule has 1 saturated carbocycles. The molecule has 0 atom stereocenters. The van der Waals surface area contributed by atoms with Gasteiger partial charge in [-0.2, -0.15) is 0 Å². The number of carboxylic acid groups (broad SMARTS) is 1. The first kappa shape index (κ1) is 11.4. The molecule has 0 radical (unpaired) electrons. The summed E-state index contributed by atoms with van der Waals surface area (Å²) in [7, 11) is 0. The zero-order valence-electron chi connectivity index (χ0n) is 10.8. The highest BCUT2D eigenvalue weighted by Gasteiger charge is 2.27. The van der Waals surface area contributed by atoms with Crippen molar-refractivity contribution in [1.82, 2.24) is 4.98 Å². The number of nitrogens with zero attached hydrogens (tertiary/aromatic N) is 1. The Kier molecular flexibility index (Phi) is 2.30. The van der Waals surface area contributed by atoms with Gasteiger partial charge in [0.25, 0.3) is 0 Å². The van der Waals surface area contributed by atoms with Crippen molar-refractivity contribution >= 4 is 27.6 Å². The van der Waals surface area contributed by atoms with Crippen LogP contribution in [0.2, 0.25) is 0 Å². The zero-order chi connectivity index (χ0) is 13.7. The van der Waals surface area contributed by atoms with Gasteiger partial charge >= 0.3 is 5.97 Å². The molecular weight excluding hydrogens is 250 g/mol. The van der Waals surface area contributed by atoms with Crippen molar-refractivity contribution < 1.29 is 9.90 Å². The van der Waals surface area contributed by atoms with E-state index in [9.17, 15) is 9.90 Å². The standard InChI is InChI=1S/C17H13NO2/c19-17(20)13-9-15(11-5-6-11)18-14-8-7-10-3-1-2-4-12(10)16(13)14/h1-4,7-9,11H,5-6H2,(H,19,20). The van der Waals surface area contributed by atoms with Crippen LogP contribution in [0.15, 0.2) is 42.5 Å². The van der Waals surface area contributed by atoms with Crippen molar-refractivity contribution in [1.29, 1.82) is 0 Å². The number of hydrogen-bond acceptors (Lipinski definition) is 2. The van der Waals surface area contributed by atoms with E-state index in [0.29, 0.717) is 11.5 Å². The molecule has 3 nitrogen and oxygen atoms in total. The lowest BCUT2D eigenvalue weighted by Crippen LogP contribution is -2.02. The van der Waals surface area contributed by atoms with Crippen LogP contribution in [0.4, 0.5) is 0 Å². The van der Waals surface area contributed by atoms with Crippen LogP contribution in [0.25, 0.3) is 21.7 Å². The number of carboxylic acids is 1. The maximum absolute atomic E-state index is 11.6. The molecule has 3 heteroatoms. The molecule has 2 aromatic carbocycles. The van der Waals surface area contributed by atoms with Gasteiger partial charge in [0, 0.05) is 17.0 Å². The molecule has 20 heavy (non-hydrogen) atoms. The average Bonchev–Trinajstić information content (AvgIpc) is 3.30. The summed E-state index contributed by atoms with van der Waals surface area (Å²) in [6.45, 7) is 0. The largest absolute Gasteiger partial charge is 0.478 e. The van der Waals surface area contributed by atoms with Gasteiger partial charge in [-0.25, -0.2) is 4.79 Å². The molecule has 1 heterocycles. The fourth-order valence-corrected chi connectivity index (χ4v) is 2.78. The number of aromatic carboxylic acids is 1. The summed E-state index contributed by atoms with van der Waals surface area (Å²) in [4.78, 5) is 16.3. The topological polar surface area (TPSA) is 50.2 Å². The van der Waals surface area contributed by atoms with Gasteiger partial charge in [-0.1, -0.05) is 30.3 Å². The fraction of sp³-hybridized carbons (Fsp3) is 0.176. The third-order valence-corrected chi connectivity index (χ3v) is 3.94. The Labute approximate surface area is 115 Å². The molecule has 1 fully saturated rings. The summed E-state index contributed by atoms with van der Waals surface area (Å²) in [6, 6.07) is 13.5. The van der Waals surface area contributed by atoms with Crippen LogP contribution in [0.1, 0.15) is 34.8 Å². The first-order valence-electron chi connectivity index (χ1n) is 6.80. The highest BCUT2D eigenvalue weighted by atomic mass is 16.4. The minimum absolute atomic E-state index is 0.369. The number of benzene rings is 2. The molecule has 0 unspecified atom stereocenters. The maximum atomic E-state index is 11.6. The SMILES string of the molecule is O=C(O)c1cc(C2CC2)nc2ccc3ccccc3c12. The molecule has 98 valence electrons. The number of aromatic nitrogens is 1. The number of hydrogen-bond donors (Lipinski definition) is 1. The van der Waals surface area contributed by atoms with Gasteiger partial charge in [0.15, 0.2) is 0 Å². The van der Waals surface area contributed by atoms with Gasteiger partial charge in [-0.15, -0.1) is 0 Å². The van der Waals surface area contributed by atoms with Gasteiger partial charge < -0.3 is 5.11 Å². The van der Waals surface area contributed by atoms with Crippen molar-refractivity contribution in [3.05, 3.63) is 53.7 Å². The minimum atomic E-state index is -0.879. The van der Waals surface area contributed by atoms with Crippen LogP contribution >= 0.6 is 0 Å². The van der Waals surface area contributed by atoms with Crippen LogP contribution in [0.5, 0.6) is 0 Å². The molecule has 1 aromatic heterocycles. The summed E-state index contributed by atoms with van der Waals surface area (Å²) in [5.74, 6) is -0.431. The summed E-state index contributed by atoms with van der Waals surface area (Å²) in [5, 5.41) is 12.3. The van der Waals surface area contributed by atoms with E-state index in [-0.39, 0.29) is 0 Å². The van der Waals surface area contributed by atoms with Crippen LogP contribution in [0.3, 0.4) is 0 Å². The van der Waals surface area contributed by atoms with Crippen molar-refractivity contribution in [2.75, 3.05) is 0 Å². The monoisotopic (exact) mass is 263 g/mol. The van der Waals surface area contributed by atoms with E-state index in [1.54, 1.807) is 6.07 Å². The lowest BCUT2D eigenvalue weighted by molar-refractivity contribution is 0.0699. The van der Waals surface area contributed by atoms with Crippen molar-refractivity contribution in [2.24, 2.45) is 0 Å². The van der Waals surface area contributed by atoms with E-state index >= 15 is 0 Å². The third-order valence-electron chi connectivity index (χ3n) is 3.94. The molecule has 0 spiro atoms. The highest BCUT2D eigenvalue weighted by molar-refractivity contribution is 6.15. The third kappa shape index (κ3) is 1.67. The van der Waals surface area contributed by atoms with Gasteiger partial charge in [0.1, 0.15) is 0 Å². The number of fused-ring (bicyclic) bond motifs is 3. The Hall–Kier alpha value is -2.42. The molecule has 0 saturated heterocycles. The summed E-state index contributed by atoms with van der Waals surface area (Å²) in [6.07, 6.45) is 2.23. The first-order chi connectivity index (χ1) is 9.74. The summed E-state index contributed by atoms with van der Waals surface area (Å²) in [5.41, 5.74) is 2.07. The lowest BCUT2D eigenvalue weighted by atomic mass is 9.99. The quantitative estimate of drug-likeness (QED) is 0.712. The second-order valence-electron chi connectivity index (χ2n) is 5.35. The van der Waals surface area contributed by atoms with Crippen LogP contribution in [0, 0.1) is 0 Å². The summed E-state index contributed by atoms with van der Waals surface area (Å²) >= 11 is 0. The average molecular weight is 263 g/mol. The number of carbonyl (C=O) groups is 1. The fourth-order valence-electron chi connectivity index (χ4n) is 2.78. The first-order valence-corrected chi connectivity index (χ1v) is 6.80. The Morgan fingerprint density at radius 3 is 2.70 bits per heavy atom. The molecule has 3 aromatic rings. The van der Waals surface area contributed by atoms with E-state index in [2.05, 4.69) is 4.98 Å². The predicted octanol–water partition coefficient (Wildman–Crippen LogP) is 3.96. The highest BCUT2D eigenvalue weighted by Crippen LogP contribution is 2.41. The van der Waals surface area contributed by atoms with Gasteiger partial charge in [-0.3, -0.25) is 4.98 Å².